The minimum atomic E-state index is -0.898. The highest BCUT2D eigenvalue weighted by molar-refractivity contribution is 5.82. The second-order valence-corrected chi connectivity index (χ2v) is 4.83. The van der Waals surface area contributed by atoms with E-state index < -0.39 is 11.5 Å². The molecule has 2 rings (SSSR count). The van der Waals surface area contributed by atoms with Gasteiger partial charge in [0.15, 0.2) is 0 Å². The van der Waals surface area contributed by atoms with Crippen molar-refractivity contribution >= 4 is 16.9 Å². The number of hydrogen-bond donors (Lipinski definition) is 2. The van der Waals surface area contributed by atoms with E-state index in [0.29, 0.717) is 13.0 Å². The molecule has 2 N–H and O–H groups in total. The number of fused-ring (bicyclic) bond motifs is 1. The van der Waals surface area contributed by atoms with Crippen LogP contribution in [0.25, 0.3) is 10.9 Å². The number of para-hydroxylation sites is 1. The Morgan fingerprint density at radius 1 is 1.37 bits per heavy atom. The number of hydrogen-bond acceptors (Lipinski definition) is 3. The standard InChI is InChI=1S/C15H18N2O2/c1-3-15(2,14(18)19)17-10-11-8-9-16-13-7-5-4-6-12(11)13/h4-9,17H,3,10H2,1-2H3,(H,18,19). The van der Waals surface area contributed by atoms with Crippen LogP contribution in [0.2, 0.25) is 0 Å². The molecule has 0 bridgehead atoms. The second-order valence-electron chi connectivity index (χ2n) is 4.83. The Morgan fingerprint density at radius 3 is 2.79 bits per heavy atom. The van der Waals surface area contributed by atoms with Crippen LogP contribution in [-0.4, -0.2) is 21.6 Å². The molecule has 0 saturated carbocycles. The molecule has 0 fully saturated rings. The maximum atomic E-state index is 11.3. The van der Waals surface area contributed by atoms with E-state index in [2.05, 4.69) is 10.3 Å². The third-order valence-electron chi connectivity index (χ3n) is 3.59. The largest absolute Gasteiger partial charge is 0.480 e. The predicted octanol–water partition coefficient (Wildman–Crippen LogP) is 2.58. The number of benzene rings is 1. The van der Waals surface area contributed by atoms with Crippen molar-refractivity contribution in [1.29, 1.82) is 0 Å². The number of carboxylic acids is 1. The lowest BCUT2D eigenvalue weighted by molar-refractivity contribution is -0.144. The average Bonchev–Trinajstić information content (AvgIpc) is 2.44. The van der Waals surface area contributed by atoms with Crippen LogP contribution in [0, 0.1) is 0 Å². The minimum absolute atomic E-state index is 0.514. The van der Waals surface area contributed by atoms with E-state index in [4.69, 9.17) is 0 Å². The van der Waals surface area contributed by atoms with Crippen molar-refractivity contribution in [3.63, 3.8) is 0 Å². The van der Waals surface area contributed by atoms with Crippen LogP contribution in [0.5, 0.6) is 0 Å². The summed E-state index contributed by atoms with van der Waals surface area (Å²) in [5.74, 6) is -0.826. The van der Waals surface area contributed by atoms with Gasteiger partial charge in [-0.05, 0) is 31.0 Å². The predicted molar refractivity (Wildman–Crippen MR) is 74.9 cm³/mol. The fourth-order valence-electron chi connectivity index (χ4n) is 1.95. The third kappa shape index (κ3) is 2.74. The van der Waals surface area contributed by atoms with Gasteiger partial charge < -0.3 is 5.11 Å². The zero-order valence-electron chi connectivity index (χ0n) is 11.2. The van der Waals surface area contributed by atoms with Crippen LogP contribution in [0.4, 0.5) is 0 Å². The van der Waals surface area contributed by atoms with Gasteiger partial charge in [-0.25, -0.2) is 0 Å². The molecule has 1 atom stereocenters. The van der Waals surface area contributed by atoms with E-state index in [9.17, 15) is 9.90 Å². The third-order valence-corrected chi connectivity index (χ3v) is 3.59. The maximum absolute atomic E-state index is 11.3. The Hall–Kier alpha value is -1.94. The highest BCUT2D eigenvalue weighted by Gasteiger charge is 2.30. The summed E-state index contributed by atoms with van der Waals surface area (Å²) in [4.78, 5) is 15.6. The molecule has 0 aliphatic heterocycles. The van der Waals surface area contributed by atoms with Crippen molar-refractivity contribution in [3.8, 4) is 0 Å². The Kier molecular flexibility index (Phi) is 3.81. The van der Waals surface area contributed by atoms with Gasteiger partial charge >= 0.3 is 5.97 Å². The lowest BCUT2D eigenvalue weighted by Gasteiger charge is -2.25. The van der Waals surface area contributed by atoms with Crippen LogP contribution < -0.4 is 5.32 Å². The van der Waals surface area contributed by atoms with Crippen molar-refractivity contribution in [1.82, 2.24) is 10.3 Å². The second kappa shape index (κ2) is 5.36. The average molecular weight is 258 g/mol. The van der Waals surface area contributed by atoms with Crippen molar-refractivity contribution < 1.29 is 9.90 Å². The summed E-state index contributed by atoms with van der Waals surface area (Å²) in [6.07, 6.45) is 2.29. The molecule has 0 saturated heterocycles. The number of aliphatic carboxylic acids is 1. The zero-order valence-corrected chi connectivity index (χ0v) is 11.2. The lowest BCUT2D eigenvalue weighted by atomic mass is 9.98. The summed E-state index contributed by atoms with van der Waals surface area (Å²) in [7, 11) is 0. The molecular weight excluding hydrogens is 240 g/mol. The highest BCUT2D eigenvalue weighted by atomic mass is 16.4. The quantitative estimate of drug-likeness (QED) is 0.865. The fourth-order valence-corrected chi connectivity index (χ4v) is 1.95. The first-order valence-electron chi connectivity index (χ1n) is 6.38. The molecule has 100 valence electrons. The number of rotatable bonds is 5. The molecule has 1 aromatic carbocycles. The van der Waals surface area contributed by atoms with Crippen molar-refractivity contribution in [2.24, 2.45) is 0 Å². The minimum Gasteiger partial charge on any atom is -0.480 e. The molecule has 4 nitrogen and oxygen atoms in total. The van der Waals surface area contributed by atoms with Crippen LogP contribution in [-0.2, 0) is 11.3 Å². The normalized spacial score (nSPS) is 14.2. The molecule has 1 aromatic heterocycles. The number of nitrogens with one attached hydrogen (secondary N) is 1. The Balaban J connectivity index is 2.25. The van der Waals surface area contributed by atoms with E-state index in [1.807, 2.05) is 37.3 Å². The summed E-state index contributed by atoms with van der Waals surface area (Å²) in [6.45, 7) is 4.09. The number of carboxylic acid groups (broad SMARTS) is 1. The van der Waals surface area contributed by atoms with Gasteiger partial charge in [0.2, 0.25) is 0 Å². The zero-order chi connectivity index (χ0) is 13.9. The van der Waals surface area contributed by atoms with Gasteiger partial charge in [0.1, 0.15) is 5.54 Å². The van der Waals surface area contributed by atoms with E-state index >= 15 is 0 Å². The smallest absolute Gasteiger partial charge is 0.323 e. The Labute approximate surface area is 112 Å². The van der Waals surface area contributed by atoms with Gasteiger partial charge in [-0.1, -0.05) is 25.1 Å². The lowest BCUT2D eigenvalue weighted by Crippen LogP contribution is -2.48. The molecule has 1 heterocycles. The summed E-state index contributed by atoms with van der Waals surface area (Å²) >= 11 is 0. The van der Waals surface area contributed by atoms with Crippen molar-refractivity contribution in [2.45, 2.75) is 32.4 Å². The Bertz CT molecular complexity index is 592. The molecule has 0 amide bonds. The van der Waals surface area contributed by atoms with E-state index in [-0.39, 0.29) is 0 Å². The topological polar surface area (TPSA) is 62.2 Å². The summed E-state index contributed by atoms with van der Waals surface area (Å²) in [5, 5.41) is 13.4. The van der Waals surface area contributed by atoms with Gasteiger partial charge in [0.25, 0.3) is 0 Å². The van der Waals surface area contributed by atoms with Crippen LogP contribution in [0.1, 0.15) is 25.8 Å². The fraction of sp³-hybridized carbons (Fsp3) is 0.333. The van der Waals surface area contributed by atoms with Gasteiger partial charge in [-0.15, -0.1) is 0 Å². The van der Waals surface area contributed by atoms with Crippen molar-refractivity contribution in [2.75, 3.05) is 0 Å². The molecule has 4 heteroatoms. The van der Waals surface area contributed by atoms with Crippen LogP contribution >= 0.6 is 0 Å². The highest BCUT2D eigenvalue weighted by Crippen LogP contribution is 2.18. The van der Waals surface area contributed by atoms with Crippen molar-refractivity contribution in [3.05, 3.63) is 42.1 Å². The summed E-state index contributed by atoms with van der Waals surface area (Å²) < 4.78 is 0. The maximum Gasteiger partial charge on any atom is 0.323 e. The van der Waals surface area contributed by atoms with Gasteiger partial charge in [0, 0.05) is 18.1 Å². The molecule has 0 aliphatic rings. The van der Waals surface area contributed by atoms with E-state index in [0.717, 1.165) is 16.5 Å². The molecular formula is C15H18N2O2. The first-order chi connectivity index (χ1) is 9.07. The van der Waals surface area contributed by atoms with Crippen LogP contribution in [0.3, 0.4) is 0 Å². The number of aromatic nitrogens is 1. The number of nitrogens with zero attached hydrogens (tertiary/aromatic N) is 1. The molecule has 0 spiro atoms. The summed E-state index contributed by atoms with van der Waals surface area (Å²) in [6, 6.07) is 9.79. The van der Waals surface area contributed by atoms with E-state index in [1.165, 1.54) is 0 Å². The molecule has 0 aliphatic carbocycles. The monoisotopic (exact) mass is 258 g/mol. The Morgan fingerprint density at radius 2 is 2.11 bits per heavy atom. The van der Waals surface area contributed by atoms with Crippen LogP contribution in [0.15, 0.2) is 36.5 Å². The van der Waals surface area contributed by atoms with Gasteiger partial charge in [-0.3, -0.25) is 15.1 Å². The SMILES string of the molecule is CCC(C)(NCc1ccnc2ccccc12)C(=O)O. The first-order valence-corrected chi connectivity index (χ1v) is 6.38. The van der Waals surface area contributed by atoms with Gasteiger partial charge in [0.05, 0.1) is 5.52 Å². The number of pyridine rings is 1. The number of carbonyl (C=O) groups is 1. The first kappa shape index (κ1) is 13.5. The van der Waals surface area contributed by atoms with Gasteiger partial charge in [-0.2, -0.15) is 0 Å². The van der Waals surface area contributed by atoms with E-state index in [1.54, 1.807) is 13.1 Å². The molecule has 2 aromatic rings. The molecule has 0 radical (unpaired) electrons. The summed E-state index contributed by atoms with van der Waals surface area (Å²) in [5.41, 5.74) is 1.09. The molecule has 19 heavy (non-hydrogen) atoms. The molecule has 1 unspecified atom stereocenters.